The summed E-state index contributed by atoms with van der Waals surface area (Å²) < 4.78 is 0. The fraction of sp³-hybridized carbons (Fsp3) is 0.867. The molecule has 2 aliphatic rings. The highest BCUT2D eigenvalue weighted by Gasteiger charge is 2.59. The molecule has 0 amide bonds. The third-order valence-corrected chi connectivity index (χ3v) is 5.35. The van der Waals surface area contributed by atoms with E-state index in [-0.39, 0.29) is 30.0 Å². The molecule has 2 aliphatic carbocycles. The van der Waals surface area contributed by atoms with Gasteiger partial charge < -0.3 is 10.2 Å². The number of fused-ring (bicyclic) bond motifs is 1. The van der Waals surface area contributed by atoms with E-state index in [9.17, 15) is 19.8 Å². The molecule has 0 bridgehead atoms. The van der Waals surface area contributed by atoms with E-state index in [0.29, 0.717) is 25.7 Å². The molecule has 2 saturated carbocycles. The van der Waals surface area contributed by atoms with Gasteiger partial charge >= 0.3 is 0 Å². The lowest BCUT2D eigenvalue weighted by molar-refractivity contribution is -0.172. The Kier molecular flexibility index (Phi) is 3.60. The van der Waals surface area contributed by atoms with Gasteiger partial charge in [-0.2, -0.15) is 0 Å². The van der Waals surface area contributed by atoms with Crippen LogP contribution in [0.5, 0.6) is 0 Å². The van der Waals surface area contributed by atoms with Gasteiger partial charge in [0.15, 0.2) is 0 Å². The first-order valence-corrected chi connectivity index (χ1v) is 7.14. The van der Waals surface area contributed by atoms with Crippen molar-refractivity contribution in [2.75, 3.05) is 6.61 Å². The van der Waals surface area contributed by atoms with E-state index in [1.807, 2.05) is 13.8 Å². The van der Waals surface area contributed by atoms with Crippen molar-refractivity contribution in [3.63, 3.8) is 0 Å². The zero-order valence-corrected chi connectivity index (χ0v) is 12.0. The molecule has 108 valence electrons. The average Bonchev–Trinajstić information content (AvgIpc) is 2.33. The van der Waals surface area contributed by atoms with Crippen LogP contribution in [0.15, 0.2) is 0 Å². The lowest BCUT2D eigenvalue weighted by Crippen LogP contribution is -2.60. The molecule has 0 spiro atoms. The number of Topliss-reactive ketones (excluding diaryl/α,β-unsaturated/α-hetero) is 2. The van der Waals surface area contributed by atoms with E-state index in [1.54, 1.807) is 6.92 Å². The Morgan fingerprint density at radius 2 is 1.95 bits per heavy atom. The smallest absolute Gasteiger partial charge is 0.143 e. The number of rotatable bonds is 2. The third-order valence-electron chi connectivity index (χ3n) is 5.35. The third kappa shape index (κ3) is 2.15. The first kappa shape index (κ1) is 14.7. The molecule has 2 rings (SSSR count). The molecular weight excluding hydrogens is 244 g/mol. The molecule has 2 fully saturated rings. The van der Waals surface area contributed by atoms with Crippen LogP contribution >= 0.6 is 0 Å². The highest BCUT2D eigenvalue weighted by atomic mass is 16.3. The van der Waals surface area contributed by atoms with Crippen LogP contribution in [0.4, 0.5) is 0 Å². The van der Waals surface area contributed by atoms with E-state index in [0.717, 1.165) is 0 Å². The van der Waals surface area contributed by atoms with Crippen molar-refractivity contribution in [2.45, 2.75) is 52.1 Å². The van der Waals surface area contributed by atoms with Crippen LogP contribution in [0.2, 0.25) is 0 Å². The molecule has 0 radical (unpaired) electrons. The van der Waals surface area contributed by atoms with Gasteiger partial charge in [-0.3, -0.25) is 9.59 Å². The van der Waals surface area contributed by atoms with Gasteiger partial charge in [-0.15, -0.1) is 0 Å². The Balaban J connectivity index is 2.37. The van der Waals surface area contributed by atoms with E-state index in [2.05, 4.69) is 0 Å². The molecule has 19 heavy (non-hydrogen) atoms. The van der Waals surface area contributed by atoms with Crippen molar-refractivity contribution in [3.05, 3.63) is 0 Å². The van der Waals surface area contributed by atoms with Gasteiger partial charge in [-0.05, 0) is 32.1 Å². The number of ketones is 2. The maximum Gasteiger partial charge on any atom is 0.143 e. The van der Waals surface area contributed by atoms with E-state index >= 15 is 0 Å². The van der Waals surface area contributed by atoms with Crippen molar-refractivity contribution in [3.8, 4) is 0 Å². The van der Waals surface area contributed by atoms with Crippen LogP contribution < -0.4 is 0 Å². The topological polar surface area (TPSA) is 74.6 Å². The number of carbonyl (C=O) groups is 2. The molecule has 4 heteroatoms. The second-order valence-electron chi connectivity index (χ2n) is 6.84. The summed E-state index contributed by atoms with van der Waals surface area (Å²) in [5.74, 6) is -0.889. The molecule has 0 heterocycles. The highest BCUT2D eigenvalue weighted by Crippen LogP contribution is 2.52. The van der Waals surface area contributed by atoms with Crippen molar-refractivity contribution in [1.82, 2.24) is 0 Å². The first-order valence-electron chi connectivity index (χ1n) is 7.14. The zero-order valence-electron chi connectivity index (χ0n) is 12.0. The van der Waals surface area contributed by atoms with Crippen LogP contribution in [-0.4, -0.2) is 34.0 Å². The monoisotopic (exact) mass is 268 g/mol. The Morgan fingerprint density at radius 1 is 1.32 bits per heavy atom. The van der Waals surface area contributed by atoms with Gasteiger partial charge in [0.25, 0.3) is 0 Å². The fourth-order valence-corrected chi connectivity index (χ4v) is 4.05. The molecule has 0 aromatic heterocycles. The lowest BCUT2D eigenvalue weighted by Gasteiger charge is -2.52. The molecule has 0 saturated heterocycles. The van der Waals surface area contributed by atoms with Gasteiger partial charge in [0.05, 0.1) is 11.5 Å². The minimum absolute atomic E-state index is 0.0318. The van der Waals surface area contributed by atoms with Crippen LogP contribution in [0, 0.1) is 23.2 Å². The Labute approximate surface area is 114 Å². The minimum atomic E-state index is -1.10. The highest BCUT2D eigenvalue weighted by molar-refractivity contribution is 5.96. The van der Waals surface area contributed by atoms with Gasteiger partial charge in [0.2, 0.25) is 0 Å². The van der Waals surface area contributed by atoms with E-state index in [1.165, 1.54) is 0 Å². The molecule has 0 aromatic rings. The summed E-state index contributed by atoms with van der Waals surface area (Å²) in [5, 5.41) is 19.8. The van der Waals surface area contributed by atoms with Crippen LogP contribution in [0.3, 0.4) is 0 Å². The SMILES string of the molecule is C[C@@H](CO)[C@@H]1CC[C@@]2(C)C(=O)CC[C@](C)(O)[C@@H]2C1=O. The molecule has 0 unspecified atom stereocenters. The number of hydrogen-bond acceptors (Lipinski definition) is 4. The van der Waals surface area contributed by atoms with Gasteiger partial charge in [-0.1, -0.05) is 13.8 Å². The Hall–Kier alpha value is -0.740. The molecule has 2 N–H and O–H groups in total. The second kappa shape index (κ2) is 4.67. The summed E-state index contributed by atoms with van der Waals surface area (Å²) in [5.41, 5.74) is -1.82. The van der Waals surface area contributed by atoms with Crippen LogP contribution in [0.1, 0.15) is 46.5 Å². The maximum absolute atomic E-state index is 12.7. The summed E-state index contributed by atoms with van der Waals surface area (Å²) >= 11 is 0. The minimum Gasteiger partial charge on any atom is -0.396 e. The average molecular weight is 268 g/mol. The molecular formula is C15H24O4. The molecule has 5 atom stereocenters. The normalized spacial score (nSPS) is 44.9. The number of hydrogen-bond donors (Lipinski definition) is 2. The van der Waals surface area contributed by atoms with Gasteiger partial charge in [-0.25, -0.2) is 0 Å². The summed E-state index contributed by atoms with van der Waals surface area (Å²) in [6, 6.07) is 0. The summed E-state index contributed by atoms with van der Waals surface area (Å²) in [6.45, 7) is 5.32. The Bertz CT molecular complexity index is 401. The van der Waals surface area contributed by atoms with E-state index < -0.39 is 16.9 Å². The summed E-state index contributed by atoms with van der Waals surface area (Å²) in [7, 11) is 0. The Morgan fingerprint density at radius 3 is 2.53 bits per heavy atom. The standard InChI is InChI=1S/C15H24O4/c1-9(8-16)10-4-6-14(2)11(17)5-7-15(3,19)13(14)12(10)18/h9-10,13,16,19H,4-8H2,1-3H3/t9-,10-,13+,14-,15-/m0/s1. The maximum atomic E-state index is 12.7. The summed E-state index contributed by atoms with van der Waals surface area (Å²) in [4.78, 5) is 24.9. The van der Waals surface area contributed by atoms with Crippen molar-refractivity contribution < 1.29 is 19.8 Å². The molecule has 0 aliphatic heterocycles. The van der Waals surface area contributed by atoms with Crippen molar-refractivity contribution >= 4 is 11.6 Å². The predicted molar refractivity (Wildman–Crippen MR) is 70.4 cm³/mol. The first-order chi connectivity index (χ1) is 8.74. The molecule has 0 aromatic carbocycles. The number of carbonyl (C=O) groups excluding carboxylic acids is 2. The van der Waals surface area contributed by atoms with Crippen LogP contribution in [-0.2, 0) is 9.59 Å². The van der Waals surface area contributed by atoms with Gasteiger partial charge in [0.1, 0.15) is 11.6 Å². The second-order valence-corrected chi connectivity index (χ2v) is 6.84. The largest absolute Gasteiger partial charge is 0.396 e. The van der Waals surface area contributed by atoms with Crippen LogP contribution in [0.25, 0.3) is 0 Å². The van der Waals surface area contributed by atoms with Gasteiger partial charge in [0, 0.05) is 24.4 Å². The van der Waals surface area contributed by atoms with E-state index in [4.69, 9.17) is 0 Å². The van der Waals surface area contributed by atoms with Crippen molar-refractivity contribution in [2.24, 2.45) is 23.2 Å². The zero-order chi connectivity index (χ0) is 14.4. The summed E-state index contributed by atoms with van der Waals surface area (Å²) in [6.07, 6.45) is 1.98. The number of aliphatic hydroxyl groups is 2. The quantitative estimate of drug-likeness (QED) is 0.792. The fourth-order valence-electron chi connectivity index (χ4n) is 4.05. The predicted octanol–water partition coefficient (Wildman–Crippen LogP) is 1.33. The number of aliphatic hydroxyl groups excluding tert-OH is 1. The molecule has 4 nitrogen and oxygen atoms in total. The van der Waals surface area contributed by atoms with Crippen molar-refractivity contribution in [1.29, 1.82) is 0 Å². The lowest BCUT2D eigenvalue weighted by atomic mass is 9.51.